The van der Waals surface area contributed by atoms with E-state index in [0.717, 1.165) is 29.2 Å². The molecule has 0 aromatic heterocycles. The first-order valence-corrected chi connectivity index (χ1v) is 4.44. The predicted octanol–water partition coefficient (Wildman–Crippen LogP) is 2.16. The van der Waals surface area contributed by atoms with E-state index in [4.69, 9.17) is 17.3 Å². The highest BCUT2D eigenvalue weighted by atomic mass is 35.5. The van der Waals surface area contributed by atoms with Crippen LogP contribution in [0.25, 0.3) is 0 Å². The second kappa shape index (κ2) is 2.96. The van der Waals surface area contributed by atoms with E-state index in [1.165, 1.54) is 0 Å². The van der Waals surface area contributed by atoms with E-state index in [2.05, 4.69) is 5.32 Å². The van der Waals surface area contributed by atoms with Crippen molar-refractivity contribution in [3.05, 3.63) is 28.8 Å². The van der Waals surface area contributed by atoms with Crippen LogP contribution in [0.1, 0.15) is 18.0 Å². The Kier molecular flexibility index (Phi) is 1.95. The van der Waals surface area contributed by atoms with Gasteiger partial charge in [-0.1, -0.05) is 11.6 Å². The molecule has 1 aromatic carbocycles. The van der Waals surface area contributed by atoms with Gasteiger partial charge in [-0.3, -0.25) is 0 Å². The van der Waals surface area contributed by atoms with Crippen molar-refractivity contribution in [2.45, 2.75) is 12.5 Å². The molecule has 0 radical (unpaired) electrons. The summed E-state index contributed by atoms with van der Waals surface area (Å²) in [4.78, 5) is 0. The minimum absolute atomic E-state index is 0.139. The highest BCUT2D eigenvalue weighted by molar-refractivity contribution is 6.30. The number of halogens is 1. The van der Waals surface area contributed by atoms with E-state index in [9.17, 15) is 0 Å². The van der Waals surface area contributed by atoms with E-state index >= 15 is 0 Å². The van der Waals surface area contributed by atoms with Crippen LogP contribution >= 0.6 is 11.6 Å². The van der Waals surface area contributed by atoms with Gasteiger partial charge in [0.2, 0.25) is 0 Å². The van der Waals surface area contributed by atoms with Gasteiger partial charge in [0.15, 0.2) is 0 Å². The third-order valence-corrected chi connectivity index (χ3v) is 2.42. The molecule has 0 fully saturated rings. The van der Waals surface area contributed by atoms with Crippen molar-refractivity contribution in [3.63, 3.8) is 0 Å². The Morgan fingerprint density at radius 2 is 2.33 bits per heavy atom. The number of hydrogen-bond donors (Lipinski definition) is 2. The summed E-state index contributed by atoms with van der Waals surface area (Å²) < 4.78 is 0. The van der Waals surface area contributed by atoms with Gasteiger partial charge in [-0.15, -0.1) is 0 Å². The molecule has 0 bridgehead atoms. The van der Waals surface area contributed by atoms with Crippen molar-refractivity contribution in [2.75, 3.05) is 11.9 Å². The van der Waals surface area contributed by atoms with Gasteiger partial charge >= 0.3 is 0 Å². The van der Waals surface area contributed by atoms with Crippen LogP contribution in [-0.4, -0.2) is 6.54 Å². The molecule has 1 aromatic rings. The Bertz CT molecular complexity index is 299. The van der Waals surface area contributed by atoms with Crippen molar-refractivity contribution < 1.29 is 0 Å². The number of fused-ring (bicyclic) bond motifs is 1. The van der Waals surface area contributed by atoms with Crippen molar-refractivity contribution in [3.8, 4) is 0 Å². The summed E-state index contributed by atoms with van der Waals surface area (Å²) in [6, 6.07) is 5.94. The van der Waals surface area contributed by atoms with Crippen molar-refractivity contribution in [2.24, 2.45) is 5.73 Å². The topological polar surface area (TPSA) is 38.0 Å². The van der Waals surface area contributed by atoms with Gasteiger partial charge in [-0.05, 0) is 30.2 Å². The Balaban J connectivity index is 2.47. The fourth-order valence-electron chi connectivity index (χ4n) is 1.52. The fourth-order valence-corrected chi connectivity index (χ4v) is 1.70. The minimum atomic E-state index is 0.139. The maximum Gasteiger partial charge on any atom is 0.0410 e. The van der Waals surface area contributed by atoms with Crippen LogP contribution in [0.2, 0.25) is 5.02 Å². The van der Waals surface area contributed by atoms with Gasteiger partial charge in [0.1, 0.15) is 0 Å². The predicted molar refractivity (Wildman–Crippen MR) is 51.5 cm³/mol. The lowest BCUT2D eigenvalue weighted by Crippen LogP contribution is -2.22. The summed E-state index contributed by atoms with van der Waals surface area (Å²) in [6.07, 6.45) is 0.980. The number of benzene rings is 1. The monoisotopic (exact) mass is 182 g/mol. The van der Waals surface area contributed by atoms with E-state index in [0.29, 0.717) is 0 Å². The molecule has 1 aliphatic heterocycles. The third kappa shape index (κ3) is 1.28. The Hall–Kier alpha value is -0.730. The first-order valence-electron chi connectivity index (χ1n) is 4.06. The van der Waals surface area contributed by atoms with Crippen molar-refractivity contribution in [1.82, 2.24) is 0 Å². The summed E-state index contributed by atoms with van der Waals surface area (Å²) >= 11 is 5.86. The summed E-state index contributed by atoms with van der Waals surface area (Å²) in [7, 11) is 0. The van der Waals surface area contributed by atoms with Crippen LogP contribution in [0.5, 0.6) is 0 Å². The van der Waals surface area contributed by atoms with Crippen molar-refractivity contribution in [1.29, 1.82) is 0 Å². The number of anilines is 1. The molecular formula is C9H11ClN2. The second-order valence-corrected chi connectivity index (χ2v) is 3.49. The van der Waals surface area contributed by atoms with Crippen LogP contribution in [0.3, 0.4) is 0 Å². The molecular weight excluding hydrogens is 172 g/mol. The van der Waals surface area contributed by atoms with Crippen LogP contribution in [0.15, 0.2) is 18.2 Å². The maximum atomic E-state index is 5.92. The fraction of sp³-hybridized carbons (Fsp3) is 0.333. The number of hydrogen-bond acceptors (Lipinski definition) is 2. The lowest BCUT2D eigenvalue weighted by molar-refractivity contribution is 0.655. The highest BCUT2D eigenvalue weighted by Crippen LogP contribution is 2.30. The smallest absolute Gasteiger partial charge is 0.0410 e. The minimum Gasteiger partial charge on any atom is -0.385 e. The number of nitrogens with one attached hydrogen (secondary N) is 1. The third-order valence-electron chi connectivity index (χ3n) is 2.18. The largest absolute Gasteiger partial charge is 0.385 e. The SMILES string of the molecule is N[C@H]1CCNc2ccc(Cl)cc21. The molecule has 2 nitrogen and oxygen atoms in total. The Morgan fingerprint density at radius 3 is 3.17 bits per heavy atom. The highest BCUT2D eigenvalue weighted by Gasteiger charge is 2.15. The molecule has 1 aliphatic rings. The molecule has 12 heavy (non-hydrogen) atoms. The van der Waals surface area contributed by atoms with Gasteiger partial charge in [0.25, 0.3) is 0 Å². The summed E-state index contributed by atoms with van der Waals surface area (Å²) in [5, 5.41) is 4.04. The van der Waals surface area contributed by atoms with Crippen LogP contribution in [0.4, 0.5) is 5.69 Å². The molecule has 64 valence electrons. The summed E-state index contributed by atoms with van der Waals surface area (Å²) in [5.41, 5.74) is 8.17. The molecule has 0 unspecified atom stereocenters. The molecule has 0 spiro atoms. The van der Waals surface area contributed by atoms with E-state index in [1.807, 2.05) is 18.2 Å². The Labute approximate surface area is 76.7 Å². The summed E-state index contributed by atoms with van der Waals surface area (Å²) in [5.74, 6) is 0. The van der Waals surface area contributed by atoms with Gasteiger partial charge < -0.3 is 11.1 Å². The van der Waals surface area contributed by atoms with Crippen molar-refractivity contribution >= 4 is 17.3 Å². The van der Waals surface area contributed by atoms with Gasteiger partial charge in [-0.25, -0.2) is 0 Å². The zero-order valence-electron chi connectivity index (χ0n) is 6.68. The maximum absolute atomic E-state index is 5.92. The first kappa shape index (κ1) is 7.90. The average Bonchev–Trinajstić information content (AvgIpc) is 2.07. The normalized spacial score (nSPS) is 21.3. The van der Waals surface area contributed by atoms with Gasteiger partial charge in [0.05, 0.1) is 0 Å². The standard InChI is InChI=1S/C9H11ClN2/c10-6-1-2-9-7(5-6)8(11)3-4-12-9/h1-2,5,8,12H,3-4,11H2/t8-/m0/s1. The average molecular weight is 183 g/mol. The molecule has 0 amide bonds. The van der Waals surface area contributed by atoms with Gasteiger partial charge in [-0.2, -0.15) is 0 Å². The van der Waals surface area contributed by atoms with Crippen LogP contribution in [0, 0.1) is 0 Å². The molecule has 1 atom stereocenters. The molecule has 0 aliphatic carbocycles. The van der Waals surface area contributed by atoms with E-state index < -0.39 is 0 Å². The number of nitrogens with two attached hydrogens (primary N) is 1. The molecule has 1 heterocycles. The van der Waals surface area contributed by atoms with Gasteiger partial charge in [0, 0.05) is 23.3 Å². The molecule has 2 rings (SSSR count). The van der Waals surface area contributed by atoms with E-state index in [1.54, 1.807) is 0 Å². The molecule has 0 saturated carbocycles. The molecule has 3 N–H and O–H groups in total. The lowest BCUT2D eigenvalue weighted by atomic mass is 9.99. The zero-order valence-corrected chi connectivity index (χ0v) is 7.43. The zero-order chi connectivity index (χ0) is 8.55. The lowest BCUT2D eigenvalue weighted by Gasteiger charge is -2.23. The van der Waals surface area contributed by atoms with E-state index in [-0.39, 0.29) is 6.04 Å². The molecule has 3 heteroatoms. The van der Waals surface area contributed by atoms with Crippen LogP contribution < -0.4 is 11.1 Å². The first-order chi connectivity index (χ1) is 5.77. The Morgan fingerprint density at radius 1 is 1.50 bits per heavy atom. The quantitative estimate of drug-likeness (QED) is 0.646. The summed E-state index contributed by atoms with van der Waals surface area (Å²) in [6.45, 7) is 0.954. The molecule has 0 saturated heterocycles. The second-order valence-electron chi connectivity index (χ2n) is 3.05. The van der Waals surface area contributed by atoms with Crippen LogP contribution in [-0.2, 0) is 0 Å². The number of rotatable bonds is 0.